The zero-order valence-corrected chi connectivity index (χ0v) is 11.9. The van der Waals surface area contributed by atoms with Gasteiger partial charge in [-0.25, -0.2) is 0 Å². The van der Waals surface area contributed by atoms with Gasteiger partial charge in [0.1, 0.15) is 5.69 Å². The summed E-state index contributed by atoms with van der Waals surface area (Å²) >= 11 is 0. The Kier molecular flexibility index (Phi) is 3.82. The Hall–Kier alpha value is -2.02. The zero-order valence-electron chi connectivity index (χ0n) is 11.9. The molecule has 1 N–H and O–H groups in total. The Bertz CT molecular complexity index is 639. The topological polar surface area (TPSA) is 39.3 Å². The zero-order chi connectivity index (χ0) is 15.7. The monoisotopic (exact) mass is 311 g/mol. The van der Waals surface area contributed by atoms with Gasteiger partial charge in [0.15, 0.2) is 0 Å². The maximum atomic E-state index is 12.4. The SMILES string of the molecule is O=C(c1cc2ccccc2[nH]1)N1CCN(CC(F)(F)F)CC1. The van der Waals surface area contributed by atoms with E-state index >= 15 is 0 Å². The highest BCUT2D eigenvalue weighted by Gasteiger charge is 2.33. The lowest BCUT2D eigenvalue weighted by molar-refractivity contribution is -0.148. The fourth-order valence-electron chi connectivity index (χ4n) is 2.72. The Labute approximate surface area is 125 Å². The van der Waals surface area contributed by atoms with E-state index in [0.29, 0.717) is 18.8 Å². The number of hydrogen-bond acceptors (Lipinski definition) is 2. The van der Waals surface area contributed by atoms with Crippen LogP contribution in [0.5, 0.6) is 0 Å². The third-order valence-corrected chi connectivity index (χ3v) is 3.82. The second-order valence-corrected chi connectivity index (χ2v) is 5.45. The highest BCUT2D eigenvalue weighted by molar-refractivity contribution is 5.98. The van der Waals surface area contributed by atoms with E-state index in [1.807, 2.05) is 24.3 Å². The minimum absolute atomic E-state index is 0.164. The first-order chi connectivity index (χ1) is 10.4. The molecule has 0 saturated carbocycles. The van der Waals surface area contributed by atoms with E-state index in [0.717, 1.165) is 10.9 Å². The molecule has 0 unspecified atom stereocenters. The summed E-state index contributed by atoms with van der Waals surface area (Å²) in [5, 5.41) is 0.946. The van der Waals surface area contributed by atoms with E-state index < -0.39 is 12.7 Å². The van der Waals surface area contributed by atoms with E-state index in [-0.39, 0.29) is 19.0 Å². The number of aromatic amines is 1. The van der Waals surface area contributed by atoms with Crippen molar-refractivity contribution in [3.63, 3.8) is 0 Å². The molecule has 2 aromatic rings. The molecule has 4 nitrogen and oxygen atoms in total. The molecular formula is C15H16F3N3O. The van der Waals surface area contributed by atoms with E-state index in [2.05, 4.69) is 4.98 Å². The number of nitrogens with one attached hydrogen (secondary N) is 1. The average Bonchev–Trinajstić information content (AvgIpc) is 2.89. The maximum Gasteiger partial charge on any atom is 0.401 e. The quantitative estimate of drug-likeness (QED) is 0.925. The van der Waals surface area contributed by atoms with Crippen LogP contribution in [0.15, 0.2) is 30.3 Å². The van der Waals surface area contributed by atoms with Gasteiger partial charge in [-0.3, -0.25) is 9.69 Å². The summed E-state index contributed by atoms with van der Waals surface area (Å²) in [6, 6.07) is 9.33. The predicted molar refractivity (Wildman–Crippen MR) is 76.7 cm³/mol. The molecule has 1 aliphatic heterocycles. The van der Waals surface area contributed by atoms with Crippen molar-refractivity contribution < 1.29 is 18.0 Å². The van der Waals surface area contributed by atoms with Crippen LogP contribution < -0.4 is 0 Å². The number of alkyl halides is 3. The van der Waals surface area contributed by atoms with Crippen molar-refractivity contribution >= 4 is 16.8 Å². The summed E-state index contributed by atoms with van der Waals surface area (Å²) in [6.07, 6.45) is -4.19. The molecule has 1 aliphatic rings. The van der Waals surface area contributed by atoms with Crippen LogP contribution in [-0.2, 0) is 0 Å². The minimum Gasteiger partial charge on any atom is -0.351 e. The van der Waals surface area contributed by atoms with Gasteiger partial charge in [0.25, 0.3) is 5.91 Å². The van der Waals surface area contributed by atoms with Gasteiger partial charge in [0, 0.05) is 37.1 Å². The Balaban J connectivity index is 1.64. The second-order valence-electron chi connectivity index (χ2n) is 5.45. The molecule has 7 heteroatoms. The summed E-state index contributed by atoms with van der Waals surface area (Å²) in [6.45, 7) is 0.187. The number of fused-ring (bicyclic) bond motifs is 1. The number of piperazine rings is 1. The average molecular weight is 311 g/mol. The van der Waals surface area contributed by atoms with Crippen LogP contribution in [0.25, 0.3) is 10.9 Å². The smallest absolute Gasteiger partial charge is 0.351 e. The molecule has 1 aromatic carbocycles. The molecule has 1 fully saturated rings. The number of H-pyrrole nitrogens is 1. The van der Waals surface area contributed by atoms with Crippen LogP contribution in [-0.4, -0.2) is 59.6 Å². The third-order valence-electron chi connectivity index (χ3n) is 3.82. The van der Waals surface area contributed by atoms with Crippen molar-refractivity contribution in [2.24, 2.45) is 0 Å². The highest BCUT2D eigenvalue weighted by atomic mass is 19.4. The minimum atomic E-state index is -4.19. The number of halogens is 3. The fraction of sp³-hybridized carbons (Fsp3) is 0.400. The van der Waals surface area contributed by atoms with Crippen LogP contribution in [0.4, 0.5) is 13.2 Å². The lowest BCUT2D eigenvalue weighted by atomic mass is 10.2. The van der Waals surface area contributed by atoms with Gasteiger partial charge >= 0.3 is 6.18 Å². The van der Waals surface area contributed by atoms with Gasteiger partial charge < -0.3 is 9.88 Å². The molecule has 118 valence electrons. The van der Waals surface area contributed by atoms with Crippen molar-refractivity contribution in [1.29, 1.82) is 0 Å². The molecule has 0 atom stereocenters. The summed E-state index contributed by atoms with van der Waals surface area (Å²) < 4.78 is 37.1. The molecule has 0 bridgehead atoms. The maximum absolute atomic E-state index is 12.4. The van der Waals surface area contributed by atoms with Crippen molar-refractivity contribution in [2.45, 2.75) is 6.18 Å². The van der Waals surface area contributed by atoms with Gasteiger partial charge in [-0.15, -0.1) is 0 Å². The van der Waals surface area contributed by atoms with Crippen molar-refractivity contribution in [3.05, 3.63) is 36.0 Å². The van der Waals surface area contributed by atoms with Crippen molar-refractivity contribution in [2.75, 3.05) is 32.7 Å². The standard InChI is InChI=1S/C15H16F3N3O/c16-15(17,18)10-20-5-7-21(8-6-20)14(22)13-9-11-3-1-2-4-12(11)19-13/h1-4,9,19H,5-8,10H2. The first kappa shape index (κ1) is 14.9. The lowest BCUT2D eigenvalue weighted by Crippen LogP contribution is -2.51. The second kappa shape index (κ2) is 5.64. The van der Waals surface area contributed by atoms with Gasteiger partial charge in [-0.1, -0.05) is 18.2 Å². The van der Waals surface area contributed by atoms with Crippen LogP contribution in [0, 0.1) is 0 Å². The van der Waals surface area contributed by atoms with Crippen LogP contribution in [0.2, 0.25) is 0 Å². The van der Waals surface area contributed by atoms with E-state index in [4.69, 9.17) is 0 Å². The molecule has 1 aromatic heterocycles. The summed E-state index contributed by atoms with van der Waals surface area (Å²) in [5.41, 5.74) is 1.35. The number of rotatable bonds is 2. The largest absolute Gasteiger partial charge is 0.401 e. The number of amides is 1. The molecule has 0 radical (unpaired) electrons. The highest BCUT2D eigenvalue weighted by Crippen LogP contribution is 2.19. The third kappa shape index (κ3) is 3.24. The van der Waals surface area contributed by atoms with Gasteiger partial charge in [0.05, 0.1) is 6.54 Å². The number of aromatic nitrogens is 1. The molecule has 1 saturated heterocycles. The van der Waals surface area contributed by atoms with Gasteiger partial charge in [-0.2, -0.15) is 13.2 Å². The fourth-order valence-corrected chi connectivity index (χ4v) is 2.72. The molecule has 3 rings (SSSR count). The Morgan fingerprint density at radius 2 is 1.82 bits per heavy atom. The first-order valence-electron chi connectivity index (χ1n) is 7.08. The molecule has 0 aliphatic carbocycles. The number of hydrogen-bond donors (Lipinski definition) is 1. The molecule has 1 amide bonds. The van der Waals surface area contributed by atoms with E-state index in [9.17, 15) is 18.0 Å². The molecular weight excluding hydrogens is 295 g/mol. The summed E-state index contributed by atoms with van der Waals surface area (Å²) in [4.78, 5) is 18.4. The van der Waals surface area contributed by atoms with Crippen LogP contribution >= 0.6 is 0 Å². The lowest BCUT2D eigenvalue weighted by Gasteiger charge is -2.34. The number of carbonyl (C=O) groups excluding carboxylic acids is 1. The number of carbonyl (C=O) groups is 1. The number of nitrogens with zero attached hydrogens (tertiary/aromatic N) is 2. The van der Waals surface area contributed by atoms with Crippen molar-refractivity contribution in [3.8, 4) is 0 Å². The van der Waals surface area contributed by atoms with E-state index in [1.165, 1.54) is 4.90 Å². The summed E-state index contributed by atoms with van der Waals surface area (Å²) in [7, 11) is 0. The summed E-state index contributed by atoms with van der Waals surface area (Å²) in [5.74, 6) is -0.164. The number of benzene rings is 1. The van der Waals surface area contributed by atoms with Gasteiger partial charge in [-0.05, 0) is 12.1 Å². The molecule has 22 heavy (non-hydrogen) atoms. The Morgan fingerprint density at radius 1 is 1.14 bits per heavy atom. The molecule has 2 heterocycles. The van der Waals surface area contributed by atoms with Crippen LogP contribution in [0.1, 0.15) is 10.5 Å². The Morgan fingerprint density at radius 3 is 2.45 bits per heavy atom. The predicted octanol–water partition coefficient (Wildman–Crippen LogP) is 2.49. The molecule has 0 spiro atoms. The van der Waals surface area contributed by atoms with E-state index in [1.54, 1.807) is 11.0 Å². The normalized spacial score (nSPS) is 17.1. The van der Waals surface area contributed by atoms with Crippen LogP contribution in [0.3, 0.4) is 0 Å². The van der Waals surface area contributed by atoms with Gasteiger partial charge in [0.2, 0.25) is 0 Å². The number of para-hydroxylation sites is 1. The van der Waals surface area contributed by atoms with Crippen molar-refractivity contribution in [1.82, 2.24) is 14.8 Å². The first-order valence-corrected chi connectivity index (χ1v) is 7.08.